The molecule has 0 aromatic heterocycles. The molecule has 4 nitrogen and oxygen atoms in total. The molecule has 1 fully saturated rings. The van der Waals surface area contributed by atoms with Crippen molar-refractivity contribution in [3.05, 3.63) is 23.8 Å². The zero-order valence-corrected chi connectivity index (χ0v) is 10.9. The number of methoxy groups -OCH3 is 1. The number of ether oxygens (including phenoxy) is 2. The minimum atomic E-state index is -0.0828. The van der Waals surface area contributed by atoms with Gasteiger partial charge in [0.15, 0.2) is 11.5 Å². The molecule has 1 aromatic rings. The van der Waals surface area contributed by atoms with Crippen molar-refractivity contribution in [1.29, 1.82) is 10.5 Å². The highest BCUT2D eigenvalue weighted by atomic mass is 16.5. The Morgan fingerprint density at radius 1 is 1.16 bits per heavy atom. The monoisotopic (exact) mass is 256 g/mol. The minimum absolute atomic E-state index is 0.0610. The predicted octanol–water partition coefficient (Wildman–Crippen LogP) is 3.03. The molecule has 0 amide bonds. The van der Waals surface area contributed by atoms with Gasteiger partial charge in [-0.05, 0) is 31.4 Å². The minimum Gasteiger partial charge on any atom is -0.493 e. The molecule has 0 heterocycles. The van der Waals surface area contributed by atoms with Crippen LogP contribution in [-0.2, 0) is 0 Å². The van der Waals surface area contributed by atoms with E-state index in [1.165, 1.54) is 0 Å². The van der Waals surface area contributed by atoms with Crippen LogP contribution in [0.1, 0.15) is 31.2 Å². The maximum absolute atomic E-state index is 9.14. The summed E-state index contributed by atoms with van der Waals surface area (Å²) in [6, 6.07) is 9.47. The fourth-order valence-electron chi connectivity index (χ4n) is 2.38. The summed E-state index contributed by atoms with van der Waals surface area (Å²) in [6.07, 6.45) is 3.87. The van der Waals surface area contributed by atoms with Gasteiger partial charge in [0.25, 0.3) is 0 Å². The molecular weight excluding hydrogens is 240 g/mol. The highest BCUT2D eigenvalue weighted by Gasteiger charge is 2.27. The second kappa shape index (κ2) is 6.11. The standard InChI is InChI=1S/C15H16N2O2/c1-18-15-8-11(9-16)6-7-14(15)19-13-5-3-2-4-12(13)10-17/h6-8,12-13H,2-5H2,1H3. The highest BCUT2D eigenvalue weighted by Crippen LogP contribution is 2.33. The van der Waals surface area contributed by atoms with Gasteiger partial charge >= 0.3 is 0 Å². The van der Waals surface area contributed by atoms with Crippen molar-refractivity contribution in [2.75, 3.05) is 7.11 Å². The first-order valence-electron chi connectivity index (χ1n) is 6.43. The molecule has 4 heteroatoms. The number of rotatable bonds is 3. The lowest BCUT2D eigenvalue weighted by Gasteiger charge is -2.28. The molecule has 2 rings (SSSR count). The average molecular weight is 256 g/mol. The van der Waals surface area contributed by atoms with Crippen LogP contribution in [-0.4, -0.2) is 13.2 Å². The second-order valence-electron chi connectivity index (χ2n) is 4.65. The smallest absolute Gasteiger partial charge is 0.162 e. The van der Waals surface area contributed by atoms with Crippen LogP contribution in [0.3, 0.4) is 0 Å². The molecule has 1 aromatic carbocycles. The Labute approximate surface area is 113 Å². The first-order valence-corrected chi connectivity index (χ1v) is 6.43. The van der Waals surface area contributed by atoms with Crippen LogP contribution in [0.4, 0.5) is 0 Å². The Balaban J connectivity index is 2.18. The van der Waals surface area contributed by atoms with Gasteiger partial charge in [-0.1, -0.05) is 6.42 Å². The molecule has 0 spiro atoms. The van der Waals surface area contributed by atoms with E-state index in [1.54, 1.807) is 25.3 Å². The van der Waals surface area contributed by atoms with Crippen LogP contribution in [0.25, 0.3) is 0 Å². The Morgan fingerprint density at radius 3 is 2.63 bits per heavy atom. The van der Waals surface area contributed by atoms with Gasteiger partial charge in [-0.15, -0.1) is 0 Å². The number of hydrogen-bond donors (Lipinski definition) is 0. The largest absolute Gasteiger partial charge is 0.493 e. The van der Waals surface area contributed by atoms with Crippen molar-refractivity contribution in [3.63, 3.8) is 0 Å². The molecule has 0 N–H and O–H groups in total. The summed E-state index contributed by atoms with van der Waals surface area (Å²) < 4.78 is 11.2. The first kappa shape index (κ1) is 13.2. The third-order valence-corrected chi connectivity index (χ3v) is 3.44. The second-order valence-corrected chi connectivity index (χ2v) is 4.65. The van der Waals surface area contributed by atoms with Gasteiger partial charge in [-0.2, -0.15) is 10.5 Å². The molecule has 0 bridgehead atoms. The summed E-state index contributed by atoms with van der Waals surface area (Å²) in [5.41, 5.74) is 0.532. The van der Waals surface area contributed by atoms with Gasteiger partial charge in [-0.25, -0.2) is 0 Å². The zero-order chi connectivity index (χ0) is 13.7. The molecule has 2 unspecified atom stereocenters. The molecule has 2 atom stereocenters. The Morgan fingerprint density at radius 2 is 1.95 bits per heavy atom. The first-order chi connectivity index (χ1) is 9.28. The Bertz CT molecular complexity index is 528. The highest BCUT2D eigenvalue weighted by molar-refractivity contribution is 5.46. The van der Waals surface area contributed by atoms with Crippen LogP contribution in [0.15, 0.2) is 18.2 Å². The van der Waals surface area contributed by atoms with Gasteiger partial charge < -0.3 is 9.47 Å². The number of nitrogens with zero attached hydrogens (tertiary/aromatic N) is 2. The predicted molar refractivity (Wildman–Crippen MR) is 69.7 cm³/mol. The van der Waals surface area contributed by atoms with Crippen molar-refractivity contribution in [2.24, 2.45) is 5.92 Å². The normalized spacial score (nSPS) is 22.1. The molecule has 0 radical (unpaired) electrons. The third kappa shape index (κ3) is 2.98. The summed E-state index contributed by atoms with van der Waals surface area (Å²) in [6.45, 7) is 0. The van der Waals surface area contributed by atoms with E-state index in [4.69, 9.17) is 20.0 Å². The quantitative estimate of drug-likeness (QED) is 0.833. The van der Waals surface area contributed by atoms with Gasteiger partial charge in [0, 0.05) is 6.07 Å². The molecular formula is C15H16N2O2. The van der Waals surface area contributed by atoms with Gasteiger partial charge in [0.1, 0.15) is 6.10 Å². The van der Waals surface area contributed by atoms with Crippen molar-refractivity contribution in [3.8, 4) is 23.6 Å². The molecule has 19 heavy (non-hydrogen) atoms. The summed E-state index contributed by atoms with van der Waals surface area (Å²) >= 11 is 0. The van der Waals surface area contributed by atoms with Gasteiger partial charge in [-0.3, -0.25) is 0 Å². The SMILES string of the molecule is COc1cc(C#N)ccc1OC1CCCCC1C#N. The lowest BCUT2D eigenvalue weighted by atomic mass is 9.87. The maximum Gasteiger partial charge on any atom is 0.162 e. The van der Waals surface area contributed by atoms with Gasteiger partial charge in [0.2, 0.25) is 0 Å². The third-order valence-electron chi connectivity index (χ3n) is 3.44. The van der Waals surface area contributed by atoms with Crippen molar-refractivity contribution in [1.82, 2.24) is 0 Å². The topological polar surface area (TPSA) is 66.0 Å². The Kier molecular flexibility index (Phi) is 4.26. The summed E-state index contributed by atoms with van der Waals surface area (Å²) in [4.78, 5) is 0. The van der Waals surface area contributed by atoms with Gasteiger partial charge in [0.05, 0.1) is 30.7 Å². The van der Waals surface area contributed by atoms with Crippen LogP contribution in [0.2, 0.25) is 0 Å². The number of nitriles is 2. The summed E-state index contributed by atoms with van der Waals surface area (Å²) in [5.74, 6) is 1.09. The fraction of sp³-hybridized carbons (Fsp3) is 0.467. The lowest BCUT2D eigenvalue weighted by Crippen LogP contribution is -2.29. The van der Waals surface area contributed by atoms with E-state index in [2.05, 4.69) is 12.1 Å². The van der Waals surface area contributed by atoms with Crippen LogP contribution in [0, 0.1) is 28.6 Å². The maximum atomic E-state index is 9.14. The van der Waals surface area contributed by atoms with E-state index in [1.807, 2.05) is 0 Å². The van der Waals surface area contributed by atoms with Crippen molar-refractivity contribution in [2.45, 2.75) is 31.8 Å². The molecule has 1 aliphatic carbocycles. The molecule has 0 aliphatic heterocycles. The zero-order valence-electron chi connectivity index (χ0n) is 10.9. The fourth-order valence-corrected chi connectivity index (χ4v) is 2.38. The Hall–Kier alpha value is -2.20. The molecule has 1 aliphatic rings. The number of benzene rings is 1. The van der Waals surface area contributed by atoms with Crippen LogP contribution >= 0.6 is 0 Å². The van der Waals surface area contributed by atoms with E-state index < -0.39 is 0 Å². The molecule has 1 saturated carbocycles. The molecule has 0 saturated heterocycles. The summed E-state index contributed by atoms with van der Waals surface area (Å²) in [7, 11) is 1.55. The van der Waals surface area contributed by atoms with Crippen LogP contribution < -0.4 is 9.47 Å². The average Bonchev–Trinajstić information content (AvgIpc) is 2.48. The van der Waals surface area contributed by atoms with E-state index >= 15 is 0 Å². The van der Waals surface area contributed by atoms with E-state index in [0.717, 1.165) is 25.7 Å². The van der Waals surface area contributed by atoms with E-state index in [-0.39, 0.29) is 12.0 Å². The van der Waals surface area contributed by atoms with E-state index in [0.29, 0.717) is 17.1 Å². The number of hydrogen-bond acceptors (Lipinski definition) is 4. The van der Waals surface area contributed by atoms with Crippen LogP contribution in [0.5, 0.6) is 11.5 Å². The molecule has 98 valence electrons. The van der Waals surface area contributed by atoms with Crippen molar-refractivity contribution >= 4 is 0 Å². The van der Waals surface area contributed by atoms with Crippen molar-refractivity contribution < 1.29 is 9.47 Å². The lowest BCUT2D eigenvalue weighted by molar-refractivity contribution is 0.116. The summed E-state index contributed by atoms with van der Waals surface area (Å²) in [5, 5.41) is 18.0. The van der Waals surface area contributed by atoms with E-state index in [9.17, 15) is 0 Å².